The average Bonchev–Trinajstić information content (AvgIpc) is 3.09. The molecule has 252 valence electrons. The summed E-state index contributed by atoms with van der Waals surface area (Å²) in [5, 5.41) is 21.3. The van der Waals surface area contributed by atoms with Gasteiger partial charge in [-0.1, -0.05) is 49.2 Å². The van der Waals surface area contributed by atoms with E-state index in [1.54, 1.807) is 14.2 Å². The van der Waals surface area contributed by atoms with Crippen molar-refractivity contribution >= 4 is 17.6 Å². The first-order valence-electron chi connectivity index (χ1n) is 16.4. The van der Waals surface area contributed by atoms with Gasteiger partial charge in [0.2, 0.25) is 5.91 Å². The Labute approximate surface area is 276 Å². The number of rotatable bonds is 15. The zero-order chi connectivity index (χ0) is 33.2. The maximum Gasteiger partial charge on any atom is 0.303 e. The smallest absolute Gasteiger partial charge is 0.303 e. The molecule has 0 aromatic heterocycles. The van der Waals surface area contributed by atoms with Crippen LogP contribution in [0.4, 0.5) is 5.69 Å². The molecule has 0 unspecified atom stereocenters. The van der Waals surface area contributed by atoms with Crippen molar-refractivity contribution in [1.29, 1.82) is 0 Å². The Hall–Kier alpha value is -3.96. The molecule has 1 fully saturated rings. The predicted molar refractivity (Wildman–Crippen MR) is 177 cm³/mol. The van der Waals surface area contributed by atoms with Crippen molar-refractivity contribution in [2.75, 3.05) is 32.6 Å². The van der Waals surface area contributed by atoms with Crippen LogP contribution in [0.1, 0.15) is 85.2 Å². The Morgan fingerprint density at radius 3 is 2.32 bits per heavy atom. The number of hydrogen-bond acceptors (Lipinski definition) is 8. The summed E-state index contributed by atoms with van der Waals surface area (Å²) < 4.78 is 24.2. The standard InChI is InChI=1S/C37H46N2O8/c1-44-33-19-27-16-17-39(22-29(27)20-34(33)45-2)23-31-21-32(26-14-12-25(24-40)13-15-26)47-37(46-31)28-8-7-9-30(18-28)38-35(41)10-5-3-4-6-11-36(42)43/h7-9,12-15,18-20,31-32,37,40H,3-6,10-11,16-17,21-24H2,1-2H3,(H,38,41)(H,42,43)/t31-,32+,37+/m1/s1. The normalized spacial score (nSPS) is 19.5. The Balaban J connectivity index is 1.26. The number of fused-ring (bicyclic) bond motifs is 1. The van der Waals surface area contributed by atoms with Crippen molar-refractivity contribution < 1.29 is 38.7 Å². The molecule has 0 bridgehead atoms. The molecule has 3 aromatic rings. The Morgan fingerprint density at radius 2 is 1.62 bits per heavy atom. The molecule has 2 aliphatic heterocycles. The molecule has 2 heterocycles. The first-order valence-corrected chi connectivity index (χ1v) is 16.4. The number of carbonyl (C=O) groups excluding carboxylic acids is 1. The number of aliphatic hydroxyl groups is 1. The number of nitrogens with zero attached hydrogens (tertiary/aromatic N) is 1. The molecule has 0 spiro atoms. The molecule has 47 heavy (non-hydrogen) atoms. The number of aliphatic hydroxyl groups excluding tert-OH is 1. The summed E-state index contributed by atoms with van der Waals surface area (Å²) in [5.41, 5.74) is 5.85. The van der Waals surface area contributed by atoms with Gasteiger partial charge in [0.1, 0.15) is 0 Å². The number of hydrogen-bond donors (Lipinski definition) is 3. The summed E-state index contributed by atoms with van der Waals surface area (Å²) in [6.07, 6.45) is 4.10. The number of benzene rings is 3. The fraction of sp³-hybridized carbons (Fsp3) is 0.459. The van der Waals surface area contributed by atoms with Crippen molar-refractivity contribution in [3.8, 4) is 11.5 Å². The fourth-order valence-electron chi connectivity index (χ4n) is 6.32. The lowest BCUT2D eigenvalue weighted by Crippen LogP contribution is -2.41. The Morgan fingerprint density at radius 1 is 0.894 bits per heavy atom. The second-order valence-electron chi connectivity index (χ2n) is 12.3. The van der Waals surface area contributed by atoms with Crippen molar-refractivity contribution in [2.45, 2.75) is 83.0 Å². The maximum absolute atomic E-state index is 12.7. The highest BCUT2D eigenvalue weighted by Gasteiger charge is 2.34. The van der Waals surface area contributed by atoms with Gasteiger partial charge in [0.25, 0.3) is 0 Å². The largest absolute Gasteiger partial charge is 0.493 e. The number of ether oxygens (including phenoxy) is 4. The molecule has 10 heteroatoms. The van der Waals surface area contributed by atoms with E-state index >= 15 is 0 Å². The van der Waals surface area contributed by atoms with Crippen molar-refractivity contribution in [3.05, 3.63) is 88.5 Å². The van der Waals surface area contributed by atoms with Gasteiger partial charge in [0.15, 0.2) is 17.8 Å². The lowest BCUT2D eigenvalue weighted by atomic mass is 9.97. The average molecular weight is 647 g/mol. The van der Waals surface area contributed by atoms with Gasteiger partial charge in [-0.25, -0.2) is 0 Å². The number of carboxylic acids is 1. The van der Waals surface area contributed by atoms with Crippen molar-refractivity contribution in [3.63, 3.8) is 0 Å². The molecule has 1 saturated heterocycles. The topological polar surface area (TPSA) is 127 Å². The van der Waals surface area contributed by atoms with Gasteiger partial charge in [-0.2, -0.15) is 0 Å². The molecule has 0 aliphatic carbocycles. The number of amides is 1. The minimum atomic E-state index is -0.787. The quantitative estimate of drug-likeness (QED) is 0.166. The van der Waals surface area contributed by atoms with E-state index in [0.29, 0.717) is 31.4 Å². The number of unbranched alkanes of at least 4 members (excludes halogenated alkanes) is 3. The number of anilines is 1. The van der Waals surface area contributed by atoms with E-state index < -0.39 is 12.3 Å². The number of nitrogens with one attached hydrogen (secondary N) is 1. The predicted octanol–water partition coefficient (Wildman–Crippen LogP) is 6.16. The molecular formula is C37H46N2O8. The lowest BCUT2D eigenvalue weighted by molar-refractivity contribution is -0.253. The molecule has 3 atom stereocenters. The third-order valence-corrected chi connectivity index (χ3v) is 8.86. The highest BCUT2D eigenvalue weighted by Crippen LogP contribution is 2.39. The van der Waals surface area contributed by atoms with E-state index in [9.17, 15) is 14.7 Å². The lowest BCUT2D eigenvalue weighted by Gasteiger charge is -2.39. The molecule has 0 radical (unpaired) electrons. The minimum Gasteiger partial charge on any atom is -0.493 e. The Bertz CT molecular complexity index is 1490. The van der Waals surface area contributed by atoms with Crippen LogP contribution in [0.25, 0.3) is 0 Å². The van der Waals surface area contributed by atoms with Gasteiger partial charge in [0, 0.05) is 50.1 Å². The third kappa shape index (κ3) is 9.54. The van der Waals surface area contributed by atoms with Gasteiger partial charge in [-0.3, -0.25) is 14.5 Å². The first kappa shape index (κ1) is 34.4. The summed E-state index contributed by atoms with van der Waals surface area (Å²) in [6.45, 7) is 2.38. The van der Waals surface area contributed by atoms with Crippen LogP contribution in [0, 0.1) is 0 Å². The number of aliphatic carboxylic acids is 1. The maximum atomic E-state index is 12.7. The van der Waals surface area contributed by atoms with Gasteiger partial charge in [0.05, 0.1) is 33.0 Å². The van der Waals surface area contributed by atoms with Gasteiger partial charge in [-0.05, 0) is 65.8 Å². The molecule has 3 aromatic carbocycles. The molecule has 5 rings (SSSR count). The highest BCUT2D eigenvalue weighted by atomic mass is 16.7. The molecule has 0 saturated carbocycles. The van der Waals surface area contributed by atoms with E-state index in [1.165, 1.54) is 11.1 Å². The fourth-order valence-corrected chi connectivity index (χ4v) is 6.32. The van der Waals surface area contributed by atoms with Crippen LogP contribution in [0.5, 0.6) is 11.5 Å². The van der Waals surface area contributed by atoms with E-state index in [-0.39, 0.29) is 31.1 Å². The van der Waals surface area contributed by atoms with Crippen LogP contribution in [0.2, 0.25) is 0 Å². The highest BCUT2D eigenvalue weighted by molar-refractivity contribution is 5.90. The van der Waals surface area contributed by atoms with Crippen molar-refractivity contribution in [2.24, 2.45) is 0 Å². The summed E-state index contributed by atoms with van der Waals surface area (Å²) in [4.78, 5) is 25.8. The summed E-state index contributed by atoms with van der Waals surface area (Å²) in [7, 11) is 3.31. The summed E-state index contributed by atoms with van der Waals surface area (Å²) in [6, 6.07) is 19.6. The molecule has 2 aliphatic rings. The van der Waals surface area contributed by atoms with Crippen LogP contribution in [0.3, 0.4) is 0 Å². The summed E-state index contributed by atoms with van der Waals surface area (Å²) in [5.74, 6) is 0.608. The first-order chi connectivity index (χ1) is 22.8. The zero-order valence-electron chi connectivity index (χ0n) is 27.3. The van der Waals surface area contributed by atoms with E-state index in [4.69, 9.17) is 24.1 Å². The van der Waals surface area contributed by atoms with Gasteiger partial charge in [-0.15, -0.1) is 0 Å². The molecule has 3 N–H and O–H groups in total. The second kappa shape index (κ2) is 16.7. The van der Waals surface area contributed by atoms with Crippen LogP contribution in [0.15, 0.2) is 60.7 Å². The Kier molecular flexibility index (Phi) is 12.2. The zero-order valence-corrected chi connectivity index (χ0v) is 27.3. The SMILES string of the molecule is COc1cc2c(cc1OC)CN(C[C@H]1C[C@@H](c3ccc(CO)cc3)O[C@@H](c3cccc(NC(=O)CCCCCCC(=O)O)c3)O1)CC2. The van der Waals surface area contributed by atoms with Gasteiger partial charge >= 0.3 is 5.97 Å². The van der Waals surface area contributed by atoms with Crippen molar-refractivity contribution in [1.82, 2.24) is 4.90 Å². The van der Waals surface area contributed by atoms with E-state index in [1.807, 2.05) is 48.5 Å². The van der Waals surface area contributed by atoms with Crippen LogP contribution in [-0.4, -0.2) is 60.4 Å². The monoisotopic (exact) mass is 646 g/mol. The van der Waals surface area contributed by atoms with Crippen LogP contribution in [-0.2, 0) is 38.6 Å². The number of methoxy groups -OCH3 is 2. The second-order valence-corrected chi connectivity index (χ2v) is 12.3. The summed E-state index contributed by atoms with van der Waals surface area (Å²) >= 11 is 0. The molecule has 1 amide bonds. The van der Waals surface area contributed by atoms with E-state index in [2.05, 4.69) is 22.3 Å². The van der Waals surface area contributed by atoms with Crippen LogP contribution >= 0.6 is 0 Å². The molecular weight excluding hydrogens is 600 g/mol. The minimum absolute atomic E-state index is 0.0174. The van der Waals surface area contributed by atoms with Gasteiger partial charge < -0.3 is 34.5 Å². The third-order valence-electron chi connectivity index (χ3n) is 8.86. The molecule has 10 nitrogen and oxygen atoms in total. The number of carbonyl (C=O) groups is 2. The van der Waals surface area contributed by atoms with Crippen LogP contribution < -0.4 is 14.8 Å². The number of carboxylic acid groups (broad SMARTS) is 1. The van der Waals surface area contributed by atoms with E-state index in [0.717, 1.165) is 67.1 Å².